The van der Waals surface area contributed by atoms with E-state index in [2.05, 4.69) is 51.3 Å². The molecule has 0 aliphatic carbocycles. The monoisotopic (exact) mass is 305 g/mol. The van der Waals surface area contributed by atoms with E-state index in [1.807, 2.05) is 17.1 Å². The van der Waals surface area contributed by atoms with Crippen molar-refractivity contribution in [3.05, 3.63) is 41.1 Å². The predicted octanol–water partition coefficient (Wildman–Crippen LogP) is 2.30. The van der Waals surface area contributed by atoms with Gasteiger partial charge in [0.25, 0.3) is 0 Å². The van der Waals surface area contributed by atoms with Gasteiger partial charge >= 0.3 is 0 Å². The van der Waals surface area contributed by atoms with E-state index in [1.54, 1.807) is 17.5 Å². The SMILES string of the molecule is CCNC(=NCC(C)c1ccsc1)NCCn1ccnc1. The molecule has 0 spiro atoms. The second-order valence-corrected chi connectivity index (χ2v) is 5.68. The Morgan fingerprint density at radius 3 is 3.05 bits per heavy atom. The number of imidazole rings is 1. The summed E-state index contributed by atoms with van der Waals surface area (Å²) >= 11 is 1.74. The van der Waals surface area contributed by atoms with Crippen LogP contribution in [0.3, 0.4) is 0 Å². The molecular weight excluding hydrogens is 282 g/mol. The van der Waals surface area contributed by atoms with Crippen LogP contribution >= 0.6 is 11.3 Å². The van der Waals surface area contributed by atoms with E-state index in [9.17, 15) is 0 Å². The molecule has 6 heteroatoms. The lowest BCUT2D eigenvalue weighted by Crippen LogP contribution is -2.39. The summed E-state index contributed by atoms with van der Waals surface area (Å²) in [6.07, 6.45) is 5.58. The number of nitrogens with zero attached hydrogens (tertiary/aromatic N) is 3. The summed E-state index contributed by atoms with van der Waals surface area (Å²) in [5.74, 6) is 1.32. The normalized spacial score (nSPS) is 13.1. The first-order valence-electron chi connectivity index (χ1n) is 7.29. The van der Waals surface area contributed by atoms with Crippen molar-refractivity contribution in [3.63, 3.8) is 0 Å². The molecule has 1 atom stereocenters. The molecule has 21 heavy (non-hydrogen) atoms. The van der Waals surface area contributed by atoms with Gasteiger partial charge in [0.1, 0.15) is 0 Å². The van der Waals surface area contributed by atoms with Gasteiger partial charge in [0.15, 0.2) is 5.96 Å². The predicted molar refractivity (Wildman–Crippen MR) is 88.9 cm³/mol. The number of nitrogens with one attached hydrogen (secondary N) is 2. The molecule has 2 aromatic heterocycles. The zero-order valence-electron chi connectivity index (χ0n) is 12.6. The van der Waals surface area contributed by atoms with E-state index in [1.165, 1.54) is 5.56 Å². The summed E-state index contributed by atoms with van der Waals surface area (Å²) in [6.45, 7) is 7.65. The van der Waals surface area contributed by atoms with Gasteiger partial charge < -0.3 is 15.2 Å². The first-order valence-corrected chi connectivity index (χ1v) is 8.24. The van der Waals surface area contributed by atoms with Gasteiger partial charge in [-0.1, -0.05) is 6.92 Å². The van der Waals surface area contributed by atoms with E-state index in [4.69, 9.17) is 0 Å². The highest BCUT2D eigenvalue weighted by Crippen LogP contribution is 2.18. The molecular formula is C15H23N5S. The molecule has 0 radical (unpaired) electrons. The number of rotatable bonds is 7. The van der Waals surface area contributed by atoms with Crippen molar-refractivity contribution in [2.75, 3.05) is 19.6 Å². The molecule has 2 rings (SSSR count). The summed E-state index contributed by atoms with van der Waals surface area (Å²) in [5, 5.41) is 10.9. The van der Waals surface area contributed by atoms with Crippen LogP contribution in [0, 0.1) is 0 Å². The molecule has 5 nitrogen and oxygen atoms in total. The maximum atomic E-state index is 4.66. The van der Waals surface area contributed by atoms with Crippen LogP contribution in [0.15, 0.2) is 40.5 Å². The van der Waals surface area contributed by atoms with Gasteiger partial charge in [0, 0.05) is 44.5 Å². The minimum atomic E-state index is 0.445. The number of aromatic nitrogens is 2. The van der Waals surface area contributed by atoms with E-state index in [0.29, 0.717) is 5.92 Å². The highest BCUT2D eigenvalue weighted by Gasteiger charge is 2.05. The standard InChI is InChI=1S/C15H23N5S/c1-3-17-15(18-6-8-20-7-5-16-12-20)19-10-13(2)14-4-9-21-11-14/h4-5,7,9,11-13H,3,6,8,10H2,1-2H3,(H2,17,18,19). The Hall–Kier alpha value is -1.82. The van der Waals surface area contributed by atoms with E-state index >= 15 is 0 Å². The molecule has 0 aliphatic heterocycles. The second-order valence-electron chi connectivity index (χ2n) is 4.90. The Kier molecular flexibility index (Phi) is 6.27. The maximum Gasteiger partial charge on any atom is 0.191 e. The van der Waals surface area contributed by atoms with Gasteiger partial charge in [0.2, 0.25) is 0 Å². The Balaban J connectivity index is 1.81. The Labute approximate surface area is 130 Å². The van der Waals surface area contributed by atoms with Crippen molar-refractivity contribution in [2.24, 2.45) is 4.99 Å². The zero-order chi connectivity index (χ0) is 14.9. The Bertz CT molecular complexity index is 518. The van der Waals surface area contributed by atoms with Gasteiger partial charge in [-0.15, -0.1) is 0 Å². The quantitative estimate of drug-likeness (QED) is 0.609. The molecule has 0 saturated carbocycles. The summed E-state index contributed by atoms with van der Waals surface area (Å²) in [4.78, 5) is 8.70. The third kappa shape index (κ3) is 5.23. The number of hydrogen-bond acceptors (Lipinski definition) is 3. The molecule has 0 fully saturated rings. The fraction of sp³-hybridized carbons (Fsp3) is 0.467. The van der Waals surface area contributed by atoms with E-state index in [-0.39, 0.29) is 0 Å². The van der Waals surface area contributed by atoms with Gasteiger partial charge in [-0.25, -0.2) is 4.98 Å². The first kappa shape index (κ1) is 15.6. The lowest BCUT2D eigenvalue weighted by Gasteiger charge is -2.13. The fourth-order valence-electron chi connectivity index (χ4n) is 1.95. The first-order chi connectivity index (χ1) is 10.3. The highest BCUT2D eigenvalue weighted by atomic mass is 32.1. The summed E-state index contributed by atoms with van der Waals surface area (Å²) in [7, 11) is 0. The van der Waals surface area contributed by atoms with Crippen LogP contribution in [0.2, 0.25) is 0 Å². The third-order valence-corrected chi connectivity index (χ3v) is 3.90. The average Bonchev–Trinajstić information content (AvgIpc) is 3.17. The molecule has 0 bridgehead atoms. The van der Waals surface area contributed by atoms with Gasteiger partial charge in [-0.2, -0.15) is 11.3 Å². The molecule has 0 saturated heterocycles. The Morgan fingerprint density at radius 1 is 1.48 bits per heavy atom. The highest BCUT2D eigenvalue weighted by molar-refractivity contribution is 7.07. The minimum absolute atomic E-state index is 0.445. The van der Waals surface area contributed by atoms with Crippen molar-refractivity contribution in [2.45, 2.75) is 26.3 Å². The van der Waals surface area contributed by atoms with Crippen LogP contribution < -0.4 is 10.6 Å². The molecule has 2 N–H and O–H groups in total. The van der Waals surface area contributed by atoms with Crippen molar-refractivity contribution >= 4 is 17.3 Å². The summed E-state index contributed by atoms with van der Waals surface area (Å²) in [5.41, 5.74) is 1.36. The molecule has 2 aromatic rings. The fourth-order valence-corrected chi connectivity index (χ4v) is 2.74. The molecule has 1 unspecified atom stereocenters. The topological polar surface area (TPSA) is 54.2 Å². The lowest BCUT2D eigenvalue weighted by molar-refractivity contribution is 0.659. The second kappa shape index (κ2) is 8.46. The van der Waals surface area contributed by atoms with Crippen LogP contribution in [0.1, 0.15) is 25.3 Å². The van der Waals surface area contributed by atoms with Crippen LogP contribution in [-0.2, 0) is 6.54 Å². The number of hydrogen-bond donors (Lipinski definition) is 2. The summed E-state index contributed by atoms with van der Waals surface area (Å²) in [6, 6.07) is 2.17. The molecule has 0 amide bonds. The number of aliphatic imine (C=N–C) groups is 1. The van der Waals surface area contributed by atoms with Crippen LogP contribution in [0.5, 0.6) is 0 Å². The molecule has 114 valence electrons. The molecule has 2 heterocycles. The third-order valence-electron chi connectivity index (χ3n) is 3.20. The van der Waals surface area contributed by atoms with Gasteiger partial charge in [-0.05, 0) is 29.3 Å². The number of guanidine groups is 1. The van der Waals surface area contributed by atoms with Gasteiger partial charge in [0.05, 0.1) is 6.33 Å². The van der Waals surface area contributed by atoms with E-state index < -0.39 is 0 Å². The lowest BCUT2D eigenvalue weighted by atomic mass is 10.1. The largest absolute Gasteiger partial charge is 0.357 e. The van der Waals surface area contributed by atoms with Gasteiger partial charge in [-0.3, -0.25) is 4.99 Å². The maximum absolute atomic E-state index is 4.66. The molecule has 0 aliphatic rings. The minimum Gasteiger partial charge on any atom is -0.357 e. The van der Waals surface area contributed by atoms with Crippen LogP contribution in [-0.4, -0.2) is 35.1 Å². The van der Waals surface area contributed by atoms with Crippen LogP contribution in [0.25, 0.3) is 0 Å². The van der Waals surface area contributed by atoms with Crippen molar-refractivity contribution in [1.29, 1.82) is 0 Å². The molecule has 0 aromatic carbocycles. The summed E-state index contributed by atoms with van der Waals surface area (Å²) < 4.78 is 2.05. The van der Waals surface area contributed by atoms with Crippen LogP contribution in [0.4, 0.5) is 0 Å². The number of thiophene rings is 1. The van der Waals surface area contributed by atoms with E-state index in [0.717, 1.165) is 32.1 Å². The zero-order valence-corrected chi connectivity index (χ0v) is 13.4. The van der Waals surface area contributed by atoms with Crippen molar-refractivity contribution in [1.82, 2.24) is 20.2 Å². The van der Waals surface area contributed by atoms with Crippen molar-refractivity contribution in [3.8, 4) is 0 Å². The smallest absolute Gasteiger partial charge is 0.191 e. The Morgan fingerprint density at radius 2 is 2.38 bits per heavy atom. The average molecular weight is 305 g/mol. The van der Waals surface area contributed by atoms with Crippen molar-refractivity contribution < 1.29 is 0 Å².